The standard InChI is InChI=1S/C16H16F3N5O/c1-10-6-7-23(11(9-10)12-3-2-8-25-12)14-5-4-13-20-21-15(16(17,18)19)24(13)22-14/h2-5,8,10-11H,6-7,9H2,1H3. The molecule has 6 nitrogen and oxygen atoms in total. The summed E-state index contributed by atoms with van der Waals surface area (Å²) >= 11 is 0. The van der Waals surface area contributed by atoms with Gasteiger partial charge in [-0.25, -0.2) is 0 Å². The normalized spacial score (nSPS) is 21.8. The van der Waals surface area contributed by atoms with Crippen molar-refractivity contribution in [3.05, 3.63) is 42.1 Å². The lowest BCUT2D eigenvalue weighted by Gasteiger charge is -2.38. The van der Waals surface area contributed by atoms with Gasteiger partial charge in [-0.1, -0.05) is 6.92 Å². The summed E-state index contributed by atoms with van der Waals surface area (Å²) < 4.78 is 45.6. The van der Waals surface area contributed by atoms with Gasteiger partial charge in [-0.15, -0.1) is 15.3 Å². The lowest BCUT2D eigenvalue weighted by Crippen LogP contribution is -2.37. The zero-order valence-corrected chi connectivity index (χ0v) is 13.4. The van der Waals surface area contributed by atoms with Crippen molar-refractivity contribution in [2.24, 2.45) is 5.92 Å². The van der Waals surface area contributed by atoms with E-state index in [1.54, 1.807) is 12.3 Å². The van der Waals surface area contributed by atoms with E-state index in [-0.39, 0.29) is 11.7 Å². The predicted molar refractivity (Wildman–Crippen MR) is 83.0 cm³/mol. The minimum atomic E-state index is -4.61. The average Bonchev–Trinajstić information content (AvgIpc) is 3.23. The van der Waals surface area contributed by atoms with Crippen LogP contribution >= 0.6 is 0 Å². The van der Waals surface area contributed by atoms with Crippen LogP contribution in [0, 0.1) is 5.92 Å². The summed E-state index contributed by atoms with van der Waals surface area (Å²) in [6.45, 7) is 2.85. The highest BCUT2D eigenvalue weighted by atomic mass is 19.4. The van der Waals surface area contributed by atoms with Crippen LogP contribution in [0.4, 0.5) is 19.0 Å². The van der Waals surface area contributed by atoms with Crippen molar-refractivity contribution in [1.82, 2.24) is 19.8 Å². The SMILES string of the molecule is CC1CCN(c2ccc3nnc(C(F)(F)F)n3n2)C(c2ccco2)C1. The largest absolute Gasteiger partial charge is 0.467 e. The van der Waals surface area contributed by atoms with Gasteiger partial charge in [-0.3, -0.25) is 0 Å². The van der Waals surface area contributed by atoms with E-state index in [2.05, 4.69) is 22.2 Å². The second-order valence-electron chi connectivity index (χ2n) is 6.34. The van der Waals surface area contributed by atoms with Gasteiger partial charge in [-0.05, 0) is 43.0 Å². The summed E-state index contributed by atoms with van der Waals surface area (Å²) in [5.74, 6) is 0.611. The van der Waals surface area contributed by atoms with Gasteiger partial charge in [0.25, 0.3) is 5.82 Å². The fraction of sp³-hybridized carbons (Fsp3) is 0.438. The molecule has 132 valence electrons. The molecule has 3 aromatic rings. The zero-order chi connectivity index (χ0) is 17.6. The minimum Gasteiger partial charge on any atom is -0.467 e. The summed E-state index contributed by atoms with van der Waals surface area (Å²) in [5, 5.41) is 10.9. The molecule has 0 saturated carbocycles. The van der Waals surface area contributed by atoms with E-state index < -0.39 is 12.0 Å². The van der Waals surface area contributed by atoms with Crippen LogP contribution in [-0.2, 0) is 6.18 Å². The Labute approximate surface area is 141 Å². The maximum atomic E-state index is 13.1. The van der Waals surface area contributed by atoms with Crippen molar-refractivity contribution in [3.8, 4) is 0 Å². The quantitative estimate of drug-likeness (QED) is 0.704. The number of aromatic nitrogens is 4. The summed E-state index contributed by atoms with van der Waals surface area (Å²) in [6.07, 6.45) is -1.22. The van der Waals surface area contributed by atoms with Gasteiger partial charge < -0.3 is 9.32 Å². The molecule has 4 heterocycles. The van der Waals surface area contributed by atoms with Crippen LogP contribution in [0.25, 0.3) is 5.65 Å². The molecule has 1 aliphatic heterocycles. The molecule has 0 N–H and O–H groups in total. The number of alkyl halides is 3. The van der Waals surface area contributed by atoms with E-state index in [9.17, 15) is 13.2 Å². The summed E-state index contributed by atoms with van der Waals surface area (Å²) in [5.41, 5.74) is 0.0657. The van der Waals surface area contributed by atoms with Crippen LogP contribution < -0.4 is 4.90 Å². The Morgan fingerprint density at radius 3 is 2.76 bits per heavy atom. The molecule has 2 unspecified atom stereocenters. The molecule has 4 rings (SSSR count). The Morgan fingerprint density at radius 2 is 2.04 bits per heavy atom. The molecule has 0 aromatic carbocycles. The van der Waals surface area contributed by atoms with Crippen molar-refractivity contribution in [1.29, 1.82) is 0 Å². The highest BCUT2D eigenvalue weighted by Crippen LogP contribution is 2.37. The number of hydrogen-bond donors (Lipinski definition) is 0. The van der Waals surface area contributed by atoms with Crippen LogP contribution in [0.3, 0.4) is 0 Å². The van der Waals surface area contributed by atoms with Gasteiger partial charge in [0, 0.05) is 6.54 Å². The smallest absolute Gasteiger partial charge is 0.453 e. The first-order valence-electron chi connectivity index (χ1n) is 8.03. The summed E-state index contributed by atoms with van der Waals surface area (Å²) in [7, 11) is 0. The Morgan fingerprint density at radius 1 is 1.20 bits per heavy atom. The maximum Gasteiger partial charge on any atom is 0.453 e. The lowest BCUT2D eigenvalue weighted by molar-refractivity contribution is -0.146. The third kappa shape index (κ3) is 2.83. The van der Waals surface area contributed by atoms with E-state index >= 15 is 0 Å². The average molecular weight is 351 g/mol. The number of furan rings is 1. The molecule has 2 atom stereocenters. The first-order valence-corrected chi connectivity index (χ1v) is 8.03. The molecule has 0 amide bonds. The number of hydrogen-bond acceptors (Lipinski definition) is 5. The van der Waals surface area contributed by atoms with Crippen LogP contribution in [0.5, 0.6) is 0 Å². The molecule has 0 spiro atoms. The fourth-order valence-electron chi connectivity index (χ4n) is 3.28. The molecule has 0 aliphatic carbocycles. The highest BCUT2D eigenvalue weighted by Gasteiger charge is 2.38. The van der Waals surface area contributed by atoms with Crippen molar-refractivity contribution in [3.63, 3.8) is 0 Å². The molecule has 3 aromatic heterocycles. The van der Waals surface area contributed by atoms with Gasteiger partial charge >= 0.3 is 6.18 Å². The van der Waals surface area contributed by atoms with Crippen molar-refractivity contribution < 1.29 is 17.6 Å². The van der Waals surface area contributed by atoms with Gasteiger partial charge in [0.2, 0.25) is 0 Å². The molecule has 0 bridgehead atoms. The van der Waals surface area contributed by atoms with Crippen molar-refractivity contribution in [2.75, 3.05) is 11.4 Å². The van der Waals surface area contributed by atoms with Crippen LogP contribution in [0.15, 0.2) is 34.9 Å². The van der Waals surface area contributed by atoms with Gasteiger partial charge in [0.05, 0.1) is 12.3 Å². The first-order chi connectivity index (χ1) is 11.9. The zero-order valence-electron chi connectivity index (χ0n) is 13.4. The van der Waals surface area contributed by atoms with Crippen molar-refractivity contribution >= 4 is 11.5 Å². The van der Waals surface area contributed by atoms with Crippen LogP contribution in [-0.4, -0.2) is 26.4 Å². The summed E-state index contributed by atoms with van der Waals surface area (Å²) in [6, 6.07) is 6.81. The Balaban J connectivity index is 1.77. The molecule has 1 aliphatic rings. The molecule has 9 heteroatoms. The first kappa shape index (κ1) is 15.9. The number of halogens is 3. The molecule has 1 saturated heterocycles. The third-order valence-corrected chi connectivity index (χ3v) is 4.53. The minimum absolute atomic E-state index is 0.0606. The van der Waals surface area contributed by atoms with E-state index in [0.29, 0.717) is 18.3 Å². The second kappa shape index (κ2) is 5.75. The van der Waals surface area contributed by atoms with E-state index in [1.165, 1.54) is 6.07 Å². The predicted octanol–water partition coefficient (Wildman–Crippen LogP) is 3.71. The molecule has 25 heavy (non-hydrogen) atoms. The van der Waals surface area contributed by atoms with Crippen LogP contribution in [0.2, 0.25) is 0 Å². The topological polar surface area (TPSA) is 59.5 Å². The number of fused-ring (bicyclic) bond motifs is 1. The van der Waals surface area contributed by atoms with E-state index in [1.807, 2.05) is 17.0 Å². The number of nitrogens with zero attached hydrogens (tertiary/aromatic N) is 5. The third-order valence-electron chi connectivity index (χ3n) is 4.53. The van der Waals surface area contributed by atoms with Crippen molar-refractivity contribution in [2.45, 2.75) is 32.0 Å². The summed E-state index contributed by atoms with van der Waals surface area (Å²) in [4.78, 5) is 1.98. The molecule has 1 fully saturated rings. The Bertz CT molecular complexity index is 874. The maximum absolute atomic E-state index is 13.1. The Kier molecular flexibility index (Phi) is 3.66. The number of anilines is 1. The molecular formula is C16H16F3N5O. The second-order valence-corrected chi connectivity index (χ2v) is 6.34. The van der Waals surface area contributed by atoms with Gasteiger partial charge in [-0.2, -0.15) is 17.7 Å². The van der Waals surface area contributed by atoms with E-state index in [4.69, 9.17) is 4.42 Å². The van der Waals surface area contributed by atoms with Gasteiger partial charge in [0.15, 0.2) is 5.65 Å². The monoisotopic (exact) mass is 351 g/mol. The van der Waals surface area contributed by atoms with Gasteiger partial charge in [0.1, 0.15) is 11.6 Å². The highest BCUT2D eigenvalue weighted by molar-refractivity contribution is 5.47. The molecular weight excluding hydrogens is 335 g/mol. The lowest BCUT2D eigenvalue weighted by atomic mass is 9.91. The molecule has 0 radical (unpaired) electrons. The fourth-order valence-corrected chi connectivity index (χ4v) is 3.28. The number of piperidine rings is 1. The van der Waals surface area contributed by atoms with E-state index in [0.717, 1.165) is 23.1 Å². The van der Waals surface area contributed by atoms with Crippen LogP contribution in [0.1, 0.15) is 37.4 Å². The Hall–Kier alpha value is -2.58. The number of rotatable bonds is 2.